The lowest BCUT2D eigenvalue weighted by Gasteiger charge is -2.04. The highest BCUT2D eigenvalue weighted by Gasteiger charge is 2.22. The topological polar surface area (TPSA) is 59.2 Å². The van der Waals surface area contributed by atoms with E-state index in [2.05, 4.69) is 4.98 Å². The van der Waals surface area contributed by atoms with Crippen LogP contribution in [0.3, 0.4) is 0 Å². The normalized spacial score (nSPS) is 10.3. The second-order valence-corrected chi connectivity index (χ2v) is 4.84. The van der Waals surface area contributed by atoms with Gasteiger partial charge in [-0.15, -0.1) is 11.8 Å². The maximum absolute atomic E-state index is 12.4. The van der Waals surface area contributed by atoms with Crippen LogP contribution in [0, 0.1) is 0 Å². The van der Waals surface area contributed by atoms with Gasteiger partial charge in [0.1, 0.15) is 5.69 Å². The van der Waals surface area contributed by atoms with E-state index in [9.17, 15) is 9.59 Å². The molecule has 0 saturated carbocycles. The number of thioether (sulfide) groups is 1. The van der Waals surface area contributed by atoms with Gasteiger partial charge in [-0.1, -0.05) is 30.3 Å². The molecule has 0 atom stereocenters. The molecule has 0 saturated heterocycles. The van der Waals surface area contributed by atoms with E-state index in [4.69, 9.17) is 4.74 Å². The van der Waals surface area contributed by atoms with Gasteiger partial charge in [-0.3, -0.25) is 4.79 Å². The number of nitrogens with one attached hydrogen (secondary N) is 1. The van der Waals surface area contributed by atoms with Crippen molar-refractivity contribution in [3.05, 3.63) is 53.3 Å². The van der Waals surface area contributed by atoms with Crippen LogP contribution in [0.1, 0.15) is 33.3 Å². The van der Waals surface area contributed by atoms with E-state index >= 15 is 0 Å². The molecule has 0 radical (unpaired) electrons. The number of H-pyrrole nitrogens is 1. The summed E-state index contributed by atoms with van der Waals surface area (Å²) in [5.74, 6) is -0.550. The van der Waals surface area contributed by atoms with Gasteiger partial charge in [0.05, 0.1) is 17.1 Å². The highest BCUT2D eigenvalue weighted by atomic mass is 32.2. The van der Waals surface area contributed by atoms with Gasteiger partial charge in [0.2, 0.25) is 0 Å². The minimum atomic E-state index is -0.441. The Labute approximate surface area is 121 Å². The number of carbonyl (C=O) groups excluding carboxylic acids is 2. The molecule has 20 heavy (non-hydrogen) atoms. The van der Waals surface area contributed by atoms with Crippen molar-refractivity contribution in [2.75, 3.05) is 12.9 Å². The van der Waals surface area contributed by atoms with Gasteiger partial charge >= 0.3 is 5.97 Å². The Morgan fingerprint density at radius 3 is 2.55 bits per heavy atom. The summed E-state index contributed by atoms with van der Waals surface area (Å²) >= 11 is 1.35. The Morgan fingerprint density at radius 2 is 1.95 bits per heavy atom. The number of hydrogen-bond acceptors (Lipinski definition) is 4. The maximum atomic E-state index is 12.4. The molecule has 0 amide bonds. The summed E-state index contributed by atoms with van der Waals surface area (Å²) in [5.41, 5.74) is 1.42. The van der Waals surface area contributed by atoms with Gasteiger partial charge in [0, 0.05) is 11.8 Å². The molecule has 1 N–H and O–H groups in total. The smallest absolute Gasteiger partial charge is 0.355 e. The van der Waals surface area contributed by atoms with Crippen LogP contribution in [0.15, 0.2) is 41.4 Å². The Morgan fingerprint density at radius 1 is 1.25 bits per heavy atom. The van der Waals surface area contributed by atoms with Crippen molar-refractivity contribution in [2.45, 2.75) is 11.8 Å². The molecule has 0 aliphatic rings. The second kappa shape index (κ2) is 6.43. The third-order valence-corrected chi connectivity index (χ3v) is 3.63. The molecule has 5 heteroatoms. The summed E-state index contributed by atoms with van der Waals surface area (Å²) in [6.07, 6.45) is 3.39. The number of ether oxygens (including phenoxy) is 1. The number of benzene rings is 1. The summed E-state index contributed by atoms with van der Waals surface area (Å²) < 4.78 is 4.97. The maximum Gasteiger partial charge on any atom is 0.355 e. The minimum Gasteiger partial charge on any atom is -0.461 e. The average molecular weight is 289 g/mol. The van der Waals surface area contributed by atoms with Gasteiger partial charge in [0.15, 0.2) is 5.78 Å². The molecule has 2 aromatic rings. The summed E-state index contributed by atoms with van der Waals surface area (Å²) in [6.45, 7) is 2.04. The van der Waals surface area contributed by atoms with E-state index in [1.807, 2.05) is 24.5 Å². The van der Waals surface area contributed by atoms with Crippen LogP contribution >= 0.6 is 11.8 Å². The number of rotatable bonds is 5. The number of ketones is 1. The first-order valence-electron chi connectivity index (χ1n) is 6.21. The summed E-state index contributed by atoms with van der Waals surface area (Å²) in [4.78, 5) is 27.7. The van der Waals surface area contributed by atoms with Gasteiger partial charge < -0.3 is 9.72 Å². The van der Waals surface area contributed by atoms with E-state index < -0.39 is 5.97 Å². The predicted octanol–water partition coefficient (Wildman–Crippen LogP) is 3.14. The molecule has 1 heterocycles. The van der Waals surface area contributed by atoms with Crippen LogP contribution in [0.5, 0.6) is 0 Å². The molecule has 0 bridgehead atoms. The fourth-order valence-electron chi connectivity index (χ4n) is 1.89. The van der Waals surface area contributed by atoms with Gasteiger partial charge in [-0.2, -0.15) is 0 Å². The predicted molar refractivity (Wildman–Crippen MR) is 78.4 cm³/mol. The fraction of sp³-hybridized carbons (Fsp3) is 0.200. The summed E-state index contributed by atoms with van der Waals surface area (Å²) in [5, 5.41) is 0. The molecule has 0 aliphatic carbocycles. The van der Waals surface area contributed by atoms with Crippen molar-refractivity contribution in [2.24, 2.45) is 0 Å². The summed E-state index contributed by atoms with van der Waals surface area (Å²) in [6, 6.07) is 8.98. The van der Waals surface area contributed by atoms with Crippen LogP contribution in [0.4, 0.5) is 0 Å². The number of aromatic nitrogens is 1. The van der Waals surface area contributed by atoms with Crippen molar-refractivity contribution in [1.29, 1.82) is 0 Å². The van der Waals surface area contributed by atoms with Crippen molar-refractivity contribution in [1.82, 2.24) is 4.98 Å². The third kappa shape index (κ3) is 2.77. The largest absolute Gasteiger partial charge is 0.461 e. The first kappa shape index (κ1) is 14.4. The van der Waals surface area contributed by atoms with Gasteiger partial charge in [-0.25, -0.2) is 4.79 Å². The molecule has 2 rings (SSSR count). The third-order valence-electron chi connectivity index (χ3n) is 2.80. The summed E-state index contributed by atoms with van der Waals surface area (Å²) in [7, 11) is 0. The Balaban J connectivity index is 2.38. The highest BCUT2D eigenvalue weighted by molar-refractivity contribution is 7.98. The molecule has 1 aromatic carbocycles. The number of carbonyl (C=O) groups is 2. The van der Waals surface area contributed by atoms with Crippen molar-refractivity contribution in [3.63, 3.8) is 0 Å². The van der Waals surface area contributed by atoms with E-state index in [1.165, 1.54) is 11.8 Å². The molecule has 1 aromatic heterocycles. The van der Waals surface area contributed by atoms with Crippen LogP contribution in [-0.2, 0) is 4.74 Å². The standard InChI is InChI=1S/C15H15NO3S/c1-3-19-15(18)12-14(20-2)11(9-16-12)13(17)10-7-5-4-6-8-10/h4-9,16H,3H2,1-2H3. The van der Waals surface area contributed by atoms with Crippen LogP contribution in [0.2, 0.25) is 0 Å². The molecule has 0 unspecified atom stereocenters. The number of esters is 1. The molecule has 4 nitrogen and oxygen atoms in total. The lowest BCUT2D eigenvalue weighted by Crippen LogP contribution is -2.07. The van der Waals surface area contributed by atoms with Crippen LogP contribution < -0.4 is 0 Å². The monoisotopic (exact) mass is 289 g/mol. The molecule has 0 spiro atoms. The van der Waals surface area contributed by atoms with E-state index in [1.54, 1.807) is 25.3 Å². The molecule has 0 fully saturated rings. The Hall–Kier alpha value is -2.01. The second-order valence-electron chi connectivity index (χ2n) is 4.03. The first-order valence-corrected chi connectivity index (χ1v) is 7.43. The van der Waals surface area contributed by atoms with Crippen LogP contribution in [0.25, 0.3) is 0 Å². The van der Waals surface area contributed by atoms with Crippen molar-refractivity contribution >= 4 is 23.5 Å². The first-order chi connectivity index (χ1) is 9.69. The number of hydrogen-bond donors (Lipinski definition) is 1. The van der Waals surface area contributed by atoms with E-state index in [0.29, 0.717) is 28.3 Å². The van der Waals surface area contributed by atoms with E-state index in [-0.39, 0.29) is 5.78 Å². The highest BCUT2D eigenvalue weighted by Crippen LogP contribution is 2.27. The van der Waals surface area contributed by atoms with Gasteiger partial charge in [-0.05, 0) is 13.2 Å². The zero-order valence-corrected chi connectivity index (χ0v) is 12.1. The van der Waals surface area contributed by atoms with Crippen molar-refractivity contribution in [3.8, 4) is 0 Å². The van der Waals surface area contributed by atoms with Gasteiger partial charge in [0.25, 0.3) is 0 Å². The fourth-order valence-corrected chi connectivity index (χ4v) is 2.61. The number of aromatic amines is 1. The molecular formula is C15H15NO3S. The Bertz CT molecular complexity index is 619. The molecular weight excluding hydrogens is 274 g/mol. The lowest BCUT2D eigenvalue weighted by atomic mass is 10.1. The lowest BCUT2D eigenvalue weighted by molar-refractivity contribution is 0.0516. The SMILES string of the molecule is CCOC(=O)c1[nH]cc(C(=O)c2ccccc2)c1SC. The minimum absolute atomic E-state index is 0.109. The zero-order valence-electron chi connectivity index (χ0n) is 11.3. The molecule has 0 aliphatic heterocycles. The zero-order chi connectivity index (χ0) is 14.5. The van der Waals surface area contributed by atoms with Crippen molar-refractivity contribution < 1.29 is 14.3 Å². The van der Waals surface area contributed by atoms with Crippen LogP contribution in [-0.4, -0.2) is 29.6 Å². The Kier molecular flexibility index (Phi) is 4.63. The average Bonchev–Trinajstić information content (AvgIpc) is 2.91. The quantitative estimate of drug-likeness (QED) is 0.522. The van der Waals surface area contributed by atoms with E-state index in [0.717, 1.165) is 0 Å². The molecule has 104 valence electrons.